The van der Waals surface area contributed by atoms with Gasteiger partial charge in [-0.15, -0.1) is 0 Å². The van der Waals surface area contributed by atoms with Gasteiger partial charge in [-0.05, 0) is 18.2 Å². The molecular weight excluding hydrogens is 334 g/mol. The van der Waals surface area contributed by atoms with E-state index in [0.29, 0.717) is 36.6 Å². The molecule has 0 aliphatic rings. The molecule has 3 aromatic rings. The van der Waals surface area contributed by atoms with Crippen LogP contribution < -0.4 is 20.5 Å². The van der Waals surface area contributed by atoms with Crippen molar-refractivity contribution in [3.8, 4) is 11.5 Å². The molecule has 8 heteroatoms. The molecule has 0 aliphatic carbocycles. The summed E-state index contributed by atoms with van der Waals surface area (Å²) in [6, 6.07) is 7.40. The van der Waals surface area contributed by atoms with E-state index in [0.717, 1.165) is 16.7 Å². The van der Waals surface area contributed by atoms with E-state index in [1.165, 1.54) is 6.20 Å². The largest absolute Gasteiger partial charge is 0.497 e. The molecule has 0 aliphatic heterocycles. The zero-order valence-corrected chi connectivity index (χ0v) is 14.7. The minimum Gasteiger partial charge on any atom is -0.497 e. The van der Waals surface area contributed by atoms with Gasteiger partial charge < -0.3 is 20.5 Å². The van der Waals surface area contributed by atoms with Crippen molar-refractivity contribution in [1.82, 2.24) is 20.1 Å². The number of amides is 1. The Kier molecular flexibility index (Phi) is 5.33. The lowest BCUT2D eigenvalue weighted by molar-refractivity contribution is 0.0954. The summed E-state index contributed by atoms with van der Waals surface area (Å²) < 4.78 is 12.4. The number of ether oxygens (including phenoxy) is 2. The minimum atomic E-state index is -0.200. The van der Waals surface area contributed by atoms with Crippen LogP contribution in [0.4, 0.5) is 0 Å². The lowest BCUT2D eigenvalue weighted by Crippen LogP contribution is -2.29. The molecule has 3 rings (SSSR count). The molecule has 26 heavy (non-hydrogen) atoms. The van der Waals surface area contributed by atoms with Crippen molar-refractivity contribution in [2.24, 2.45) is 5.73 Å². The molecule has 8 nitrogen and oxygen atoms in total. The lowest BCUT2D eigenvalue weighted by atomic mass is 10.2. The van der Waals surface area contributed by atoms with Crippen LogP contribution in [0.1, 0.15) is 15.9 Å². The summed E-state index contributed by atoms with van der Waals surface area (Å²) >= 11 is 0. The van der Waals surface area contributed by atoms with E-state index >= 15 is 0 Å². The maximum atomic E-state index is 12.0. The second-order valence-electron chi connectivity index (χ2n) is 5.66. The number of carbonyl (C=O) groups excluding carboxylic acids is 1. The fourth-order valence-electron chi connectivity index (χ4n) is 2.64. The van der Waals surface area contributed by atoms with Gasteiger partial charge in [0.1, 0.15) is 11.5 Å². The SMILES string of the molecule is COc1ccc(Cn2ncc3cc(C(=O)NCCN)cnc32)c(OC)c1. The van der Waals surface area contributed by atoms with Gasteiger partial charge in [0.25, 0.3) is 5.91 Å². The lowest BCUT2D eigenvalue weighted by Gasteiger charge is -2.11. The summed E-state index contributed by atoms with van der Waals surface area (Å²) in [7, 11) is 3.23. The predicted octanol–water partition coefficient (Wildman–Crippen LogP) is 1.19. The van der Waals surface area contributed by atoms with Crippen molar-refractivity contribution in [1.29, 1.82) is 0 Å². The van der Waals surface area contributed by atoms with Gasteiger partial charge in [0.15, 0.2) is 5.65 Å². The molecule has 136 valence electrons. The molecule has 0 bridgehead atoms. The first-order chi connectivity index (χ1) is 12.7. The molecule has 2 aromatic heterocycles. The number of carbonyl (C=O) groups is 1. The van der Waals surface area contributed by atoms with Gasteiger partial charge >= 0.3 is 0 Å². The number of pyridine rings is 1. The Labute approximate surface area is 150 Å². The summed E-state index contributed by atoms with van der Waals surface area (Å²) in [6.07, 6.45) is 3.23. The fourth-order valence-corrected chi connectivity index (χ4v) is 2.64. The zero-order valence-electron chi connectivity index (χ0n) is 14.7. The van der Waals surface area contributed by atoms with Crippen LogP contribution >= 0.6 is 0 Å². The smallest absolute Gasteiger partial charge is 0.252 e. The topological polar surface area (TPSA) is 104 Å². The normalized spacial score (nSPS) is 10.7. The van der Waals surface area contributed by atoms with E-state index in [2.05, 4.69) is 15.4 Å². The van der Waals surface area contributed by atoms with Gasteiger partial charge in [0.2, 0.25) is 0 Å². The van der Waals surface area contributed by atoms with E-state index in [-0.39, 0.29) is 5.91 Å². The Morgan fingerprint density at radius 3 is 2.81 bits per heavy atom. The first-order valence-electron chi connectivity index (χ1n) is 8.17. The summed E-state index contributed by atoms with van der Waals surface area (Å²) in [5, 5.41) is 7.90. The molecule has 1 aromatic carbocycles. The molecule has 0 unspecified atom stereocenters. The van der Waals surface area contributed by atoms with Crippen LogP contribution in [-0.2, 0) is 6.54 Å². The number of benzene rings is 1. The van der Waals surface area contributed by atoms with Gasteiger partial charge in [-0.1, -0.05) is 0 Å². The second-order valence-corrected chi connectivity index (χ2v) is 5.66. The highest BCUT2D eigenvalue weighted by molar-refractivity contribution is 5.96. The van der Waals surface area contributed by atoms with Gasteiger partial charge in [-0.3, -0.25) is 4.79 Å². The molecule has 1 amide bonds. The molecule has 0 fully saturated rings. The standard InChI is InChI=1S/C18H21N5O3/c1-25-15-4-3-12(16(8-15)26-2)11-23-17-13(10-22-23)7-14(9-21-17)18(24)20-6-5-19/h3-4,7-10H,5-6,11,19H2,1-2H3,(H,20,24). The Bertz CT molecular complexity index is 922. The van der Waals surface area contributed by atoms with E-state index in [1.807, 2.05) is 18.2 Å². The third-order valence-electron chi connectivity index (χ3n) is 3.98. The van der Waals surface area contributed by atoms with Crippen molar-refractivity contribution >= 4 is 16.9 Å². The quantitative estimate of drug-likeness (QED) is 0.660. The highest BCUT2D eigenvalue weighted by atomic mass is 16.5. The fraction of sp³-hybridized carbons (Fsp3) is 0.278. The number of nitrogens with one attached hydrogen (secondary N) is 1. The van der Waals surface area contributed by atoms with Gasteiger partial charge in [-0.25, -0.2) is 9.67 Å². The average molecular weight is 355 g/mol. The summed E-state index contributed by atoms with van der Waals surface area (Å²) in [5.74, 6) is 1.24. The second kappa shape index (κ2) is 7.83. The Morgan fingerprint density at radius 2 is 2.08 bits per heavy atom. The van der Waals surface area contributed by atoms with Gasteiger partial charge in [0.05, 0.1) is 32.5 Å². The van der Waals surface area contributed by atoms with Gasteiger partial charge in [-0.2, -0.15) is 5.10 Å². The van der Waals surface area contributed by atoms with E-state index < -0.39 is 0 Å². The van der Waals surface area contributed by atoms with Crippen molar-refractivity contribution in [3.05, 3.63) is 47.8 Å². The van der Waals surface area contributed by atoms with Crippen LogP contribution in [-0.4, -0.2) is 48.0 Å². The predicted molar refractivity (Wildman–Crippen MR) is 97.6 cm³/mol. The molecule has 2 heterocycles. The first kappa shape index (κ1) is 17.7. The number of fused-ring (bicyclic) bond motifs is 1. The number of hydrogen-bond donors (Lipinski definition) is 2. The summed E-state index contributed by atoms with van der Waals surface area (Å²) in [4.78, 5) is 16.4. The van der Waals surface area contributed by atoms with E-state index in [4.69, 9.17) is 15.2 Å². The molecule has 3 N–H and O–H groups in total. The van der Waals surface area contributed by atoms with Crippen LogP contribution in [0.2, 0.25) is 0 Å². The number of methoxy groups -OCH3 is 2. The van der Waals surface area contributed by atoms with E-state index in [1.54, 1.807) is 31.2 Å². The van der Waals surface area contributed by atoms with E-state index in [9.17, 15) is 4.79 Å². The summed E-state index contributed by atoms with van der Waals surface area (Å²) in [6.45, 7) is 1.30. The van der Waals surface area contributed by atoms with Crippen LogP contribution in [0.3, 0.4) is 0 Å². The Morgan fingerprint density at radius 1 is 1.23 bits per heavy atom. The van der Waals surface area contributed by atoms with Crippen molar-refractivity contribution in [3.63, 3.8) is 0 Å². The number of hydrogen-bond acceptors (Lipinski definition) is 6. The maximum Gasteiger partial charge on any atom is 0.252 e. The third kappa shape index (κ3) is 3.60. The molecule has 0 atom stereocenters. The average Bonchev–Trinajstić information content (AvgIpc) is 3.08. The Hall–Kier alpha value is -3.13. The minimum absolute atomic E-state index is 0.200. The van der Waals surface area contributed by atoms with Crippen LogP contribution in [0.15, 0.2) is 36.7 Å². The number of nitrogens with two attached hydrogens (primary N) is 1. The van der Waals surface area contributed by atoms with Gasteiger partial charge in [0, 0.05) is 36.3 Å². The molecule has 0 spiro atoms. The highest BCUT2D eigenvalue weighted by Gasteiger charge is 2.12. The first-order valence-corrected chi connectivity index (χ1v) is 8.17. The number of nitrogens with zero attached hydrogens (tertiary/aromatic N) is 3. The summed E-state index contributed by atoms with van der Waals surface area (Å²) in [5.41, 5.74) is 7.52. The third-order valence-corrected chi connectivity index (χ3v) is 3.98. The monoisotopic (exact) mass is 355 g/mol. The maximum absolute atomic E-state index is 12.0. The van der Waals surface area contributed by atoms with Crippen molar-refractivity contribution in [2.75, 3.05) is 27.3 Å². The van der Waals surface area contributed by atoms with Crippen molar-refractivity contribution < 1.29 is 14.3 Å². The number of aromatic nitrogens is 3. The highest BCUT2D eigenvalue weighted by Crippen LogP contribution is 2.26. The Balaban J connectivity index is 1.87. The van der Waals surface area contributed by atoms with Crippen LogP contribution in [0.25, 0.3) is 11.0 Å². The molecule has 0 radical (unpaired) electrons. The van der Waals surface area contributed by atoms with Crippen molar-refractivity contribution in [2.45, 2.75) is 6.54 Å². The molecule has 0 saturated carbocycles. The molecule has 0 saturated heterocycles. The van der Waals surface area contributed by atoms with Crippen LogP contribution in [0.5, 0.6) is 11.5 Å². The van der Waals surface area contributed by atoms with Crippen LogP contribution in [0, 0.1) is 0 Å². The zero-order chi connectivity index (χ0) is 18.5. The number of rotatable bonds is 7. The molecular formula is C18H21N5O3.